The van der Waals surface area contributed by atoms with Crippen LogP contribution in [0.1, 0.15) is 37.5 Å². The van der Waals surface area contributed by atoms with Crippen molar-refractivity contribution >= 4 is 24.2 Å². The predicted octanol–water partition coefficient (Wildman–Crippen LogP) is 3.35. The van der Waals surface area contributed by atoms with Crippen LogP contribution < -0.4 is 16.1 Å². The second-order valence-corrected chi connectivity index (χ2v) is 7.78. The van der Waals surface area contributed by atoms with Gasteiger partial charge < -0.3 is 15.4 Å². The molecule has 30 heavy (non-hydrogen) atoms. The van der Waals surface area contributed by atoms with Crippen molar-refractivity contribution in [1.29, 1.82) is 0 Å². The van der Waals surface area contributed by atoms with Crippen LogP contribution in [0, 0.1) is 0 Å². The van der Waals surface area contributed by atoms with E-state index in [1.165, 1.54) is 0 Å². The first-order valence-corrected chi connectivity index (χ1v) is 9.73. The maximum atomic E-state index is 11.9. The summed E-state index contributed by atoms with van der Waals surface area (Å²) in [5.41, 5.74) is 4.11. The van der Waals surface area contributed by atoms with Gasteiger partial charge in [0, 0.05) is 13.1 Å². The number of ether oxygens (including phenoxy) is 1. The number of carbonyl (C=O) groups excluding carboxylic acids is 2. The Morgan fingerprint density at radius 2 is 1.60 bits per heavy atom. The fourth-order valence-corrected chi connectivity index (χ4v) is 2.58. The summed E-state index contributed by atoms with van der Waals surface area (Å²) in [6.07, 6.45) is 3.44. The number of amides is 2. The van der Waals surface area contributed by atoms with Gasteiger partial charge in [0.2, 0.25) is 0 Å². The van der Waals surface area contributed by atoms with E-state index in [4.69, 9.17) is 9.94 Å². The van der Waals surface area contributed by atoms with Crippen LogP contribution in [0.4, 0.5) is 4.79 Å². The average molecular weight is 412 g/mol. The molecule has 0 bridgehead atoms. The van der Waals surface area contributed by atoms with Gasteiger partial charge in [-0.2, -0.15) is 0 Å². The average Bonchev–Trinajstić information content (AvgIpc) is 2.72. The van der Waals surface area contributed by atoms with E-state index in [-0.39, 0.29) is 6.54 Å². The standard InChI is InChI=1S/C23H29N3O4/c1-23(2,3)30-22(28)25-16-20(21(27)26-29)24-15-19-13-11-18(12-14-19)10-9-17-7-5-4-6-8-17/h4-14,20,24,29H,15-16H2,1-3H3,(H,25,28)(H,26,27)/b10-9+/t20-/m0/s1. The van der Waals surface area contributed by atoms with Gasteiger partial charge in [0.05, 0.1) is 0 Å². The van der Waals surface area contributed by atoms with Crippen molar-refractivity contribution < 1.29 is 19.5 Å². The van der Waals surface area contributed by atoms with Crippen LogP contribution >= 0.6 is 0 Å². The Hall–Kier alpha value is -3.16. The second-order valence-electron chi connectivity index (χ2n) is 7.78. The maximum Gasteiger partial charge on any atom is 0.407 e. The maximum absolute atomic E-state index is 11.9. The number of benzene rings is 2. The highest BCUT2D eigenvalue weighted by Gasteiger charge is 2.21. The van der Waals surface area contributed by atoms with Crippen molar-refractivity contribution in [1.82, 2.24) is 16.1 Å². The van der Waals surface area contributed by atoms with Crippen molar-refractivity contribution in [3.05, 3.63) is 71.3 Å². The SMILES string of the molecule is CC(C)(C)OC(=O)NC[C@H](NCc1ccc(/C=C/c2ccccc2)cc1)C(=O)NO. The number of nitrogens with one attached hydrogen (secondary N) is 3. The third-order valence-electron chi connectivity index (χ3n) is 4.08. The van der Waals surface area contributed by atoms with Gasteiger partial charge in [0.25, 0.3) is 5.91 Å². The molecule has 7 heteroatoms. The minimum atomic E-state index is -0.819. The van der Waals surface area contributed by atoms with E-state index in [9.17, 15) is 9.59 Å². The highest BCUT2D eigenvalue weighted by atomic mass is 16.6. The first kappa shape index (κ1) is 23.1. The van der Waals surface area contributed by atoms with Crippen LogP contribution in [0.3, 0.4) is 0 Å². The second kappa shape index (κ2) is 11.1. The molecule has 2 aromatic carbocycles. The summed E-state index contributed by atoms with van der Waals surface area (Å²) in [6.45, 7) is 5.61. The minimum absolute atomic E-state index is 0.0286. The predicted molar refractivity (Wildman–Crippen MR) is 117 cm³/mol. The number of carbonyl (C=O) groups is 2. The van der Waals surface area contributed by atoms with Crippen molar-refractivity contribution in [3.8, 4) is 0 Å². The fraction of sp³-hybridized carbons (Fsp3) is 0.304. The monoisotopic (exact) mass is 411 g/mol. The summed E-state index contributed by atoms with van der Waals surface area (Å²) in [7, 11) is 0. The van der Waals surface area contributed by atoms with Crippen molar-refractivity contribution in [2.24, 2.45) is 0 Å². The van der Waals surface area contributed by atoms with E-state index in [1.807, 2.05) is 66.7 Å². The Morgan fingerprint density at radius 3 is 2.17 bits per heavy atom. The molecular formula is C23H29N3O4. The van der Waals surface area contributed by atoms with E-state index in [0.29, 0.717) is 6.54 Å². The van der Waals surface area contributed by atoms with E-state index < -0.39 is 23.6 Å². The van der Waals surface area contributed by atoms with Crippen LogP contribution in [0.5, 0.6) is 0 Å². The van der Waals surface area contributed by atoms with E-state index >= 15 is 0 Å². The molecule has 4 N–H and O–H groups in total. The van der Waals surface area contributed by atoms with Crippen LogP contribution in [0.2, 0.25) is 0 Å². The Morgan fingerprint density at radius 1 is 1.00 bits per heavy atom. The third kappa shape index (κ3) is 8.46. The molecule has 0 aromatic heterocycles. The van der Waals surface area contributed by atoms with Crippen LogP contribution in [-0.4, -0.2) is 35.4 Å². The highest BCUT2D eigenvalue weighted by Crippen LogP contribution is 2.10. The molecule has 0 unspecified atom stereocenters. The molecule has 0 spiro atoms. The fourth-order valence-electron chi connectivity index (χ4n) is 2.58. The lowest BCUT2D eigenvalue weighted by atomic mass is 10.1. The van der Waals surface area contributed by atoms with Crippen LogP contribution in [-0.2, 0) is 16.1 Å². The van der Waals surface area contributed by atoms with Gasteiger partial charge in [-0.1, -0.05) is 66.7 Å². The topological polar surface area (TPSA) is 99.7 Å². The van der Waals surface area contributed by atoms with Gasteiger partial charge in [-0.25, -0.2) is 10.3 Å². The number of hydrogen-bond acceptors (Lipinski definition) is 5. The first-order chi connectivity index (χ1) is 14.3. The van der Waals surface area contributed by atoms with E-state index in [0.717, 1.165) is 16.7 Å². The number of hydroxylamine groups is 1. The molecule has 0 radical (unpaired) electrons. The van der Waals surface area contributed by atoms with Gasteiger partial charge >= 0.3 is 6.09 Å². The smallest absolute Gasteiger partial charge is 0.407 e. The molecule has 0 heterocycles. The summed E-state index contributed by atoms with van der Waals surface area (Å²) in [4.78, 5) is 23.7. The van der Waals surface area contributed by atoms with Crippen molar-refractivity contribution in [2.45, 2.75) is 39.0 Å². The number of rotatable bonds is 8. The van der Waals surface area contributed by atoms with Gasteiger partial charge in [0.15, 0.2) is 0 Å². The first-order valence-electron chi connectivity index (χ1n) is 9.73. The summed E-state index contributed by atoms with van der Waals surface area (Å²) >= 11 is 0. The van der Waals surface area contributed by atoms with Crippen LogP contribution in [0.25, 0.3) is 12.2 Å². The van der Waals surface area contributed by atoms with Gasteiger partial charge in [-0.05, 0) is 37.5 Å². The normalized spacial score (nSPS) is 12.4. The molecule has 0 fully saturated rings. The zero-order valence-electron chi connectivity index (χ0n) is 17.5. The largest absolute Gasteiger partial charge is 0.444 e. The summed E-state index contributed by atoms with van der Waals surface area (Å²) < 4.78 is 5.15. The Kier molecular flexibility index (Phi) is 8.58. The summed E-state index contributed by atoms with van der Waals surface area (Å²) in [6, 6.07) is 17.1. The lowest BCUT2D eigenvalue weighted by molar-refractivity contribution is -0.131. The van der Waals surface area contributed by atoms with Crippen molar-refractivity contribution in [2.75, 3.05) is 6.54 Å². The molecular weight excluding hydrogens is 382 g/mol. The molecule has 0 aliphatic rings. The Bertz CT molecular complexity index is 843. The van der Waals surface area contributed by atoms with E-state index in [1.54, 1.807) is 26.3 Å². The lowest BCUT2D eigenvalue weighted by Gasteiger charge is -2.22. The summed E-state index contributed by atoms with van der Waals surface area (Å²) in [5, 5.41) is 14.5. The zero-order chi connectivity index (χ0) is 22.0. The lowest BCUT2D eigenvalue weighted by Crippen LogP contribution is -2.50. The molecule has 2 aromatic rings. The molecule has 160 valence electrons. The molecule has 0 saturated carbocycles. The molecule has 2 rings (SSSR count). The van der Waals surface area contributed by atoms with Crippen molar-refractivity contribution in [3.63, 3.8) is 0 Å². The molecule has 0 aliphatic heterocycles. The summed E-state index contributed by atoms with van der Waals surface area (Å²) in [5.74, 6) is -0.645. The number of alkyl carbamates (subject to hydrolysis) is 1. The number of hydrogen-bond donors (Lipinski definition) is 4. The molecule has 0 aliphatic carbocycles. The quantitative estimate of drug-likeness (QED) is 0.303. The molecule has 1 atom stereocenters. The molecule has 7 nitrogen and oxygen atoms in total. The van der Waals surface area contributed by atoms with Gasteiger partial charge in [-0.15, -0.1) is 0 Å². The molecule has 2 amide bonds. The van der Waals surface area contributed by atoms with Gasteiger partial charge in [-0.3, -0.25) is 10.0 Å². The Balaban J connectivity index is 1.89. The van der Waals surface area contributed by atoms with E-state index in [2.05, 4.69) is 10.6 Å². The zero-order valence-corrected chi connectivity index (χ0v) is 17.5. The van der Waals surface area contributed by atoms with Gasteiger partial charge in [0.1, 0.15) is 11.6 Å². The molecule has 0 saturated heterocycles. The van der Waals surface area contributed by atoms with Crippen LogP contribution in [0.15, 0.2) is 54.6 Å². The minimum Gasteiger partial charge on any atom is -0.444 e. The third-order valence-corrected chi connectivity index (χ3v) is 4.08. The highest BCUT2D eigenvalue weighted by molar-refractivity contribution is 5.81. The Labute approximate surface area is 177 Å².